The number of para-hydroxylation sites is 1. The van der Waals surface area contributed by atoms with Crippen molar-refractivity contribution >= 4 is 12.9 Å². The van der Waals surface area contributed by atoms with Gasteiger partial charge in [0.15, 0.2) is 0 Å². The highest BCUT2D eigenvalue weighted by Gasteiger charge is 2.26. The summed E-state index contributed by atoms with van der Waals surface area (Å²) in [5.41, 5.74) is 4.60. The molecule has 22 heavy (non-hydrogen) atoms. The minimum Gasteiger partial charge on any atom is -0.418 e. The Labute approximate surface area is 130 Å². The van der Waals surface area contributed by atoms with E-state index in [1.807, 2.05) is 0 Å². The van der Waals surface area contributed by atoms with Gasteiger partial charge in [-0.25, -0.2) is 0 Å². The van der Waals surface area contributed by atoms with Crippen LogP contribution in [0.5, 0.6) is 0 Å². The monoisotopic (exact) mass is 320 g/mol. The predicted molar refractivity (Wildman–Crippen MR) is 83.2 cm³/mol. The van der Waals surface area contributed by atoms with Gasteiger partial charge in [0.2, 0.25) is 0 Å². The fraction of sp³-hybridized carbons (Fsp3) is 0.600. The molecule has 1 aliphatic heterocycles. The number of hydrogen-bond donors (Lipinski definition) is 2. The molecule has 2 rings (SSSR count). The summed E-state index contributed by atoms with van der Waals surface area (Å²) in [6.45, 7) is 12.6. The quantitative estimate of drug-likeness (QED) is 0.645. The lowest BCUT2D eigenvalue weighted by Crippen LogP contribution is -3.06. The highest BCUT2D eigenvalue weighted by molar-refractivity contribution is 6.50. The average molecular weight is 320 g/mol. The molecule has 0 aromatic heterocycles. The molecule has 0 spiro atoms. The second-order valence-electron chi connectivity index (χ2n) is 6.15. The molecule has 2 N–H and O–H groups in total. The predicted octanol–water partition coefficient (Wildman–Crippen LogP) is 3.31. The number of hydrogen-bond acceptors (Lipinski definition) is 1. The topological polar surface area (TPSA) is 16.5 Å². The fourth-order valence-electron chi connectivity index (χ4n) is 2.74. The van der Waals surface area contributed by atoms with Crippen molar-refractivity contribution in [1.82, 2.24) is 5.32 Å². The van der Waals surface area contributed by atoms with Crippen LogP contribution in [0.2, 0.25) is 0 Å². The molecule has 1 aromatic rings. The van der Waals surface area contributed by atoms with Gasteiger partial charge in [-0.3, -0.25) is 10.2 Å². The smallest absolute Gasteiger partial charge is 0.418 e. The van der Waals surface area contributed by atoms with Crippen LogP contribution in [0.15, 0.2) is 18.2 Å². The molecular weight excluding hydrogens is 295 g/mol. The van der Waals surface area contributed by atoms with Gasteiger partial charge in [-0.1, -0.05) is 45.9 Å². The molecule has 1 aromatic carbocycles. The van der Waals surface area contributed by atoms with Crippen LogP contribution in [0.4, 0.5) is 23.0 Å². The minimum atomic E-state index is -6.00. The highest BCUT2D eigenvalue weighted by atomic mass is 19.5. The first-order valence-corrected chi connectivity index (χ1v) is 7.67. The molecule has 0 saturated carbocycles. The zero-order valence-corrected chi connectivity index (χ0v) is 13.6. The summed E-state index contributed by atoms with van der Waals surface area (Å²) in [6.07, 6.45) is 0. The molecule has 1 fully saturated rings. The summed E-state index contributed by atoms with van der Waals surface area (Å²) in [4.78, 5) is 1.61. The van der Waals surface area contributed by atoms with Crippen LogP contribution >= 0.6 is 0 Å². The van der Waals surface area contributed by atoms with Gasteiger partial charge >= 0.3 is 7.25 Å². The highest BCUT2D eigenvalue weighted by Crippen LogP contribution is 2.29. The lowest BCUT2D eigenvalue weighted by atomic mass is 9.92. The van der Waals surface area contributed by atoms with Gasteiger partial charge in [0.25, 0.3) is 0 Å². The maximum atomic E-state index is 9.75. The summed E-state index contributed by atoms with van der Waals surface area (Å²) >= 11 is 0. The molecule has 0 bridgehead atoms. The van der Waals surface area contributed by atoms with Gasteiger partial charge in [0.05, 0.1) is 13.1 Å². The van der Waals surface area contributed by atoms with Crippen LogP contribution in [0.1, 0.15) is 50.7 Å². The first-order chi connectivity index (χ1) is 10.1. The van der Waals surface area contributed by atoms with Crippen LogP contribution < -0.4 is 10.2 Å². The zero-order valence-electron chi connectivity index (χ0n) is 13.6. The summed E-state index contributed by atoms with van der Waals surface area (Å²) in [6, 6.07) is 6.82. The third-order valence-electron chi connectivity index (χ3n) is 3.67. The third-order valence-corrected chi connectivity index (χ3v) is 3.67. The summed E-state index contributed by atoms with van der Waals surface area (Å²) in [5.74, 6) is 1.22. The molecule has 1 unspecified atom stereocenters. The molecule has 0 amide bonds. The first kappa shape index (κ1) is 19.0. The molecule has 0 aliphatic carbocycles. The summed E-state index contributed by atoms with van der Waals surface area (Å²) < 4.78 is 39.0. The van der Waals surface area contributed by atoms with Crippen molar-refractivity contribution in [2.24, 2.45) is 0 Å². The molecule has 7 heteroatoms. The van der Waals surface area contributed by atoms with E-state index < -0.39 is 7.25 Å². The van der Waals surface area contributed by atoms with Crippen molar-refractivity contribution in [2.75, 3.05) is 19.8 Å². The maximum Gasteiger partial charge on any atom is 0.673 e. The van der Waals surface area contributed by atoms with Crippen molar-refractivity contribution in [1.29, 1.82) is 0 Å². The zero-order chi connectivity index (χ0) is 16.9. The van der Waals surface area contributed by atoms with E-state index in [1.54, 1.807) is 10.6 Å². The molecule has 0 radical (unpaired) electrons. The second-order valence-corrected chi connectivity index (χ2v) is 6.15. The van der Waals surface area contributed by atoms with Gasteiger partial charge in [-0.15, -0.1) is 0 Å². The maximum absolute atomic E-state index is 9.75. The van der Waals surface area contributed by atoms with Crippen molar-refractivity contribution in [3.05, 3.63) is 29.3 Å². The average Bonchev–Trinajstić information content (AvgIpc) is 2.89. The van der Waals surface area contributed by atoms with E-state index in [1.165, 1.54) is 17.7 Å². The van der Waals surface area contributed by atoms with Crippen LogP contribution in [0.3, 0.4) is 0 Å². The SMILES string of the molecule is CC(C)c1cccc(C(C)C)c1[NH+]1CCNC1.F[B-](F)(F)F. The van der Waals surface area contributed by atoms with Crippen molar-refractivity contribution in [3.8, 4) is 0 Å². The van der Waals surface area contributed by atoms with Gasteiger partial charge in [-0.05, 0) is 11.8 Å². The van der Waals surface area contributed by atoms with E-state index in [0.29, 0.717) is 11.8 Å². The Kier molecular flexibility index (Phi) is 6.87. The van der Waals surface area contributed by atoms with E-state index in [9.17, 15) is 17.3 Å². The molecule has 2 nitrogen and oxygen atoms in total. The molecule has 1 saturated heterocycles. The van der Waals surface area contributed by atoms with Gasteiger partial charge < -0.3 is 17.3 Å². The Morgan fingerprint density at radius 2 is 1.45 bits per heavy atom. The lowest BCUT2D eigenvalue weighted by Gasteiger charge is -2.22. The van der Waals surface area contributed by atoms with Crippen molar-refractivity contribution in [3.63, 3.8) is 0 Å². The first-order valence-electron chi connectivity index (χ1n) is 7.67. The second kappa shape index (κ2) is 7.97. The lowest BCUT2D eigenvalue weighted by molar-refractivity contribution is -0.819. The Hall–Kier alpha value is -1.08. The molecule has 1 aliphatic rings. The Morgan fingerprint density at radius 3 is 1.77 bits per heavy atom. The largest absolute Gasteiger partial charge is 0.673 e. The van der Waals surface area contributed by atoms with Crippen LogP contribution in [0.25, 0.3) is 0 Å². The number of quaternary nitrogens is 1. The normalized spacial score (nSPS) is 18.5. The Balaban J connectivity index is 0.000000422. The van der Waals surface area contributed by atoms with Crippen molar-refractivity contribution in [2.45, 2.75) is 39.5 Å². The Bertz CT molecular complexity index is 437. The Morgan fingerprint density at radius 1 is 1.00 bits per heavy atom. The minimum absolute atomic E-state index is 0.608. The van der Waals surface area contributed by atoms with E-state index in [2.05, 4.69) is 51.2 Å². The summed E-state index contributed by atoms with van der Waals surface area (Å²) in [7, 11) is -6.00. The van der Waals surface area contributed by atoms with Crippen LogP contribution in [-0.2, 0) is 0 Å². The van der Waals surface area contributed by atoms with E-state index in [0.717, 1.165) is 13.2 Å². The summed E-state index contributed by atoms with van der Waals surface area (Å²) in [5, 5.41) is 3.47. The number of benzene rings is 1. The van der Waals surface area contributed by atoms with Gasteiger partial charge in [0.1, 0.15) is 12.4 Å². The molecular formula is C15H25BF4N2. The molecule has 1 heterocycles. The van der Waals surface area contributed by atoms with E-state index in [-0.39, 0.29) is 0 Å². The molecule has 126 valence electrons. The molecule has 1 atom stereocenters. The number of rotatable bonds is 3. The van der Waals surface area contributed by atoms with E-state index >= 15 is 0 Å². The number of nitrogens with one attached hydrogen (secondary N) is 2. The standard InChI is InChI=1S/C15H24N2.BF4/c1-11(2)13-6-5-7-14(12(3)4)15(13)17-9-8-16-10-17;2-1(3,4)5/h5-7,11-12,16H,8-10H2,1-4H3;/q;-1/p+1. The van der Waals surface area contributed by atoms with Gasteiger partial charge in [-0.2, -0.15) is 0 Å². The van der Waals surface area contributed by atoms with Crippen molar-refractivity contribution < 1.29 is 22.2 Å². The van der Waals surface area contributed by atoms with Gasteiger partial charge in [0, 0.05) is 11.1 Å². The van der Waals surface area contributed by atoms with E-state index in [4.69, 9.17) is 0 Å². The fourth-order valence-corrected chi connectivity index (χ4v) is 2.74. The number of halogens is 4. The van der Waals surface area contributed by atoms with Crippen LogP contribution in [0, 0.1) is 0 Å². The third kappa shape index (κ3) is 5.97. The van der Waals surface area contributed by atoms with Crippen LogP contribution in [-0.4, -0.2) is 27.0 Å².